The molecule has 0 N–H and O–H groups in total. The number of hydrogen-bond acceptors (Lipinski definition) is 4. The van der Waals surface area contributed by atoms with Crippen molar-refractivity contribution in [2.75, 3.05) is 6.61 Å². The van der Waals surface area contributed by atoms with Crippen molar-refractivity contribution in [1.82, 2.24) is 0 Å². The molecule has 0 fully saturated rings. The molecule has 6 aliphatic carbocycles. The first-order valence-corrected chi connectivity index (χ1v) is 14.5. The molecule has 0 amide bonds. The second kappa shape index (κ2) is 9.76. The third kappa shape index (κ3) is 3.61. The molecule has 4 bridgehead atoms. The van der Waals surface area contributed by atoms with Gasteiger partial charge in [-0.05, 0) is 64.3 Å². The van der Waals surface area contributed by atoms with Crippen LogP contribution in [0.5, 0.6) is 0 Å². The highest BCUT2D eigenvalue weighted by Crippen LogP contribution is 2.61. The molecule has 41 heavy (non-hydrogen) atoms. The zero-order chi connectivity index (χ0) is 28.1. The molecular weight excluding hydrogens is 504 g/mol. The summed E-state index contributed by atoms with van der Waals surface area (Å²) in [5, 5.41) is 19.4. The largest absolute Gasteiger partial charge is 0.465 e. The van der Waals surface area contributed by atoms with Gasteiger partial charge >= 0.3 is 5.97 Å². The Balaban J connectivity index is 0.000000139. The van der Waals surface area contributed by atoms with Crippen LogP contribution in [0.3, 0.4) is 0 Å². The van der Waals surface area contributed by atoms with E-state index in [2.05, 4.69) is 72.8 Å². The second-order valence-electron chi connectivity index (χ2n) is 11.5. The summed E-state index contributed by atoms with van der Waals surface area (Å²) in [6, 6.07) is 38.5. The lowest BCUT2D eigenvalue weighted by Crippen LogP contribution is -2.46. The van der Waals surface area contributed by atoms with Gasteiger partial charge in [0.25, 0.3) is 0 Å². The molecular formula is C37H30N2O2. The first-order valence-electron chi connectivity index (χ1n) is 14.5. The first-order chi connectivity index (χ1) is 20.1. The quantitative estimate of drug-likeness (QED) is 0.249. The number of hydrogen-bond donors (Lipinski definition) is 0. The number of esters is 1. The second-order valence-corrected chi connectivity index (χ2v) is 11.5. The fourth-order valence-corrected chi connectivity index (χ4v) is 8.09. The molecule has 0 spiro atoms. The predicted octanol–water partition coefficient (Wildman–Crippen LogP) is 7.55. The maximum atomic E-state index is 12.7. The van der Waals surface area contributed by atoms with Gasteiger partial charge in [-0.15, -0.1) is 0 Å². The first kappa shape index (κ1) is 25.3. The Morgan fingerprint density at radius 2 is 1.17 bits per heavy atom. The van der Waals surface area contributed by atoms with E-state index in [1.165, 1.54) is 33.4 Å². The molecule has 0 heterocycles. The van der Waals surface area contributed by atoms with Crippen LogP contribution < -0.4 is 0 Å². The van der Waals surface area contributed by atoms with Crippen molar-refractivity contribution >= 4 is 5.97 Å². The Hall–Kier alpha value is -4.67. The average molecular weight is 535 g/mol. The van der Waals surface area contributed by atoms with Crippen LogP contribution in [0.1, 0.15) is 87.9 Å². The van der Waals surface area contributed by atoms with Crippen LogP contribution in [0.25, 0.3) is 0 Å². The van der Waals surface area contributed by atoms with Gasteiger partial charge in [-0.1, -0.05) is 97.1 Å². The number of benzene rings is 4. The maximum Gasteiger partial charge on any atom is 0.327 e. The van der Waals surface area contributed by atoms with Crippen LogP contribution in [-0.4, -0.2) is 12.6 Å². The highest BCUT2D eigenvalue weighted by atomic mass is 16.5. The van der Waals surface area contributed by atoms with Gasteiger partial charge in [0.2, 0.25) is 0 Å². The third-order valence-corrected chi connectivity index (χ3v) is 9.69. The fourth-order valence-electron chi connectivity index (χ4n) is 8.09. The molecule has 0 radical (unpaired) electrons. The number of nitriles is 2. The molecule has 10 rings (SSSR count). The standard InChI is InChI=1S/C20H17NO2.C17H13N/c1-2-23-19(22)20(12-21)11-17-13-7-3-5-9-15(13)18(20)16-10-6-4-8-14(16)17;18-10-11-9-16-12-5-1-3-7-14(12)17(11)15-8-4-2-6-13(15)16/h3-10,17-18H,2,11H2,1H3;1-8,11,16-17H,9H2. The van der Waals surface area contributed by atoms with E-state index in [1.807, 2.05) is 36.4 Å². The van der Waals surface area contributed by atoms with E-state index in [1.54, 1.807) is 6.92 Å². The normalized spacial score (nSPS) is 27.0. The number of fused-ring (bicyclic) bond motifs is 2. The molecule has 200 valence electrons. The lowest BCUT2D eigenvalue weighted by atomic mass is 9.52. The average Bonchev–Trinajstić information content (AvgIpc) is 3.05. The smallest absolute Gasteiger partial charge is 0.327 e. The monoisotopic (exact) mass is 534 g/mol. The zero-order valence-corrected chi connectivity index (χ0v) is 23.0. The Labute approximate surface area is 240 Å². The third-order valence-electron chi connectivity index (χ3n) is 9.69. The lowest BCUT2D eigenvalue weighted by molar-refractivity contribution is -0.154. The van der Waals surface area contributed by atoms with Gasteiger partial charge in [-0.25, -0.2) is 0 Å². The summed E-state index contributed by atoms with van der Waals surface area (Å²) in [5.41, 5.74) is 9.17. The predicted molar refractivity (Wildman–Crippen MR) is 156 cm³/mol. The Morgan fingerprint density at radius 3 is 1.61 bits per heavy atom. The molecule has 0 saturated carbocycles. The zero-order valence-electron chi connectivity index (χ0n) is 23.0. The van der Waals surface area contributed by atoms with E-state index >= 15 is 0 Å². The van der Waals surface area contributed by atoms with Crippen molar-refractivity contribution in [2.45, 2.75) is 43.4 Å². The van der Waals surface area contributed by atoms with Gasteiger partial charge in [-0.2, -0.15) is 10.5 Å². The van der Waals surface area contributed by atoms with Crippen LogP contribution in [0.4, 0.5) is 0 Å². The minimum absolute atomic E-state index is 0.0801. The molecule has 0 saturated heterocycles. The molecule has 4 aromatic rings. The molecule has 4 heteroatoms. The highest BCUT2D eigenvalue weighted by Gasteiger charge is 2.58. The van der Waals surface area contributed by atoms with Gasteiger partial charge < -0.3 is 4.74 Å². The van der Waals surface area contributed by atoms with Gasteiger partial charge in [0, 0.05) is 23.7 Å². The molecule has 2 atom stereocenters. The summed E-state index contributed by atoms with van der Waals surface area (Å²) in [5.74, 6) is 0.293. The van der Waals surface area contributed by atoms with Crippen LogP contribution in [0, 0.1) is 34.0 Å². The molecule has 6 aliphatic rings. The van der Waals surface area contributed by atoms with E-state index in [9.17, 15) is 15.3 Å². The lowest BCUT2D eigenvalue weighted by Gasteiger charge is -2.48. The van der Waals surface area contributed by atoms with Crippen molar-refractivity contribution in [2.24, 2.45) is 11.3 Å². The number of ether oxygens (including phenoxy) is 1. The van der Waals surface area contributed by atoms with Crippen molar-refractivity contribution in [3.63, 3.8) is 0 Å². The summed E-state index contributed by atoms with van der Waals surface area (Å²) < 4.78 is 5.30. The van der Waals surface area contributed by atoms with Crippen molar-refractivity contribution in [3.8, 4) is 12.1 Å². The number of nitrogens with zero attached hydrogens (tertiary/aromatic N) is 2. The summed E-state index contributed by atoms with van der Waals surface area (Å²) in [6.07, 6.45) is 1.48. The Morgan fingerprint density at radius 1 is 0.732 bits per heavy atom. The Kier molecular flexibility index (Phi) is 6.02. The minimum atomic E-state index is -1.12. The molecule has 4 aromatic carbocycles. The number of carbonyl (C=O) groups is 1. The fraction of sp³-hybridized carbons (Fsp3) is 0.270. The van der Waals surface area contributed by atoms with Crippen molar-refractivity contribution < 1.29 is 9.53 Å². The Bertz CT molecular complexity index is 1670. The molecule has 0 aliphatic heterocycles. The van der Waals surface area contributed by atoms with Crippen LogP contribution in [-0.2, 0) is 9.53 Å². The molecule has 4 nitrogen and oxygen atoms in total. The molecule has 2 unspecified atom stereocenters. The van der Waals surface area contributed by atoms with Gasteiger partial charge in [0.15, 0.2) is 5.41 Å². The summed E-state index contributed by atoms with van der Waals surface area (Å²) in [4.78, 5) is 12.7. The van der Waals surface area contributed by atoms with E-state index in [0.717, 1.165) is 17.5 Å². The van der Waals surface area contributed by atoms with Crippen LogP contribution in [0.15, 0.2) is 97.1 Å². The maximum absolute atomic E-state index is 12.7. The van der Waals surface area contributed by atoms with Gasteiger partial charge in [0.05, 0.1) is 24.7 Å². The van der Waals surface area contributed by atoms with E-state index < -0.39 is 5.41 Å². The SMILES string of the molecule is CCOC(=O)C1(C#N)CC2c3ccccc3C1c1ccccc12.N#CC1CC2c3ccccc3C1c1ccccc12. The summed E-state index contributed by atoms with van der Waals surface area (Å²) >= 11 is 0. The molecule has 0 aromatic heterocycles. The topological polar surface area (TPSA) is 73.9 Å². The van der Waals surface area contributed by atoms with E-state index in [-0.39, 0.29) is 29.6 Å². The summed E-state index contributed by atoms with van der Waals surface area (Å²) in [6.45, 7) is 2.08. The van der Waals surface area contributed by atoms with Gasteiger partial charge in [-0.3, -0.25) is 4.79 Å². The van der Waals surface area contributed by atoms with Crippen LogP contribution >= 0.6 is 0 Å². The van der Waals surface area contributed by atoms with E-state index in [4.69, 9.17) is 4.74 Å². The van der Waals surface area contributed by atoms with Gasteiger partial charge in [0.1, 0.15) is 0 Å². The number of carbonyl (C=O) groups excluding carboxylic acids is 1. The van der Waals surface area contributed by atoms with E-state index in [0.29, 0.717) is 18.9 Å². The minimum Gasteiger partial charge on any atom is -0.465 e. The van der Waals surface area contributed by atoms with Crippen LogP contribution in [0.2, 0.25) is 0 Å². The summed E-state index contributed by atoms with van der Waals surface area (Å²) in [7, 11) is 0. The van der Waals surface area contributed by atoms with Crippen molar-refractivity contribution in [3.05, 3.63) is 142 Å². The number of rotatable bonds is 2. The van der Waals surface area contributed by atoms with Crippen molar-refractivity contribution in [1.29, 1.82) is 10.5 Å². The highest BCUT2D eigenvalue weighted by molar-refractivity contribution is 5.85.